The maximum atomic E-state index is 13.1. The Kier molecular flexibility index (Phi) is 6.61. The van der Waals surface area contributed by atoms with Gasteiger partial charge in [-0.1, -0.05) is 44.9 Å². The molecule has 1 aromatic carbocycles. The number of pyridine rings is 1. The number of nitrogens with zero attached hydrogens (tertiary/aromatic N) is 5. The lowest BCUT2D eigenvalue weighted by Crippen LogP contribution is -2.35. The zero-order valence-electron chi connectivity index (χ0n) is 20.1. The second-order valence-electron chi connectivity index (χ2n) is 9.81. The van der Waals surface area contributed by atoms with Gasteiger partial charge in [-0.25, -0.2) is 4.68 Å². The summed E-state index contributed by atoms with van der Waals surface area (Å²) in [6, 6.07) is 12.8. The van der Waals surface area contributed by atoms with Crippen LogP contribution in [0.25, 0.3) is 10.9 Å². The lowest BCUT2D eigenvalue weighted by molar-refractivity contribution is 0.124. The van der Waals surface area contributed by atoms with Crippen LogP contribution in [0.2, 0.25) is 0 Å². The number of tetrazole rings is 1. The van der Waals surface area contributed by atoms with Gasteiger partial charge >= 0.3 is 0 Å². The summed E-state index contributed by atoms with van der Waals surface area (Å²) >= 11 is 1.74. The van der Waals surface area contributed by atoms with E-state index in [1.807, 2.05) is 19.1 Å². The quantitative estimate of drug-likeness (QED) is 0.368. The van der Waals surface area contributed by atoms with Gasteiger partial charge in [0.1, 0.15) is 0 Å². The number of H-pyrrole nitrogens is 1. The Labute approximate surface area is 203 Å². The van der Waals surface area contributed by atoms with E-state index < -0.39 is 0 Å². The van der Waals surface area contributed by atoms with Crippen LogP contribution in [0.15, 0.2) is 46.6 Å². The number of hydrogen-bond acceptors (Lipinski definition) is 6. The SMILES string of the molecule is Cc1ccc2cc(CN(Cc3cccs3)[C@@H](c3nnnn3C3CCCC3)C(C)C)c(=O)[nH]c2c1. The lowest BCUT2D eigenvalue weighted by Gasteiger charge is -2.33. The number of aromatic amines is 1. The highest BCUT2D eigenvalue weighted by Crippen LogP contribution is 2.35. The van der Waals surface area contributed by atoms with Crippen LogP contribution >= 0.6 is 11.3 Å². The van der Waals surface area contributed by atoms with E-state index >= 15 is 0 Å². The molecule has 1 atom stereocenters. The fourth-order valence-corrected chi connectivity index (χ4v) is 5.97. The largest absolute Gasteiger partial charge is 0.322 e. The van der Waals surface area contributed by atoms with Crippen molar-refractivity contribution in [2.75, 3.05) is 0 Å². The minimum absolute atomic E-state index is 0.00850. The molecule has 8 heteroatoms. The maximum Gasteiger partial charge on any atom is 0.252 e. The zero-order chi connectivity index (χ0) is 23.7. The average Bonchev–Trinajstić information content (AvgIpc) is 3.57. The van der Waals surface area contributed by atoms with Gasteiger partial charge in [-0.2, -0.15) is 0 Å². The Bertz CT molecular complexity index is 1300. The molecule has 0 spiro atoms. The van der Waals surface area contributed by atoms with Crippen LogP contribution in [0.5, 0.6) is 0 Å². The second-order valence-corrected chi connectivity index (χ2v) is 10.8. The zero-order valence-corrected chi connectivity index (χ0v) is 20.9. The third kappa shape index (κ3) is 4.70. The van der Waals surface area contributed by atoms with E-state index in [-0.39, 0.29) is 17.5 Å². The van der Waals surface area contributed by atoms with Gasteiger partial charge in [-0.05, 0) is 70.6 Å². The first-order valence-electron chi connectivity index (χ1n) is 12.2. The van der Waals surface area contributed by atoms with Gasteiger partial charge in [0.15, 0.2) is 5.82 Å². The number of nitrogens with one attached hydrogen (secondary N) is 1. The molecule has 34 heavy (non-hydrogen) atoms. The van der Waals surface area contributed by atoms with E-state index in [0.29, 0.717) is 12.6 Å². The van der Waals surface area contributed by atoms with E-state index in [1.165, 1.54) is 17.7 Å². The van der Waals surface area contributed by atoms with Crippen LogP contribution < -0.4 is 5.56 Å². The molecule has 1 aliphatic carbocycles. The first-order valence-corrected chi connectivity index (χ1v) is 13.0. The van der Waals surface area contributed by atoms with Crippen LogP contribution in [0.4, 0.5) is 0 Å². The van der Waals surface area contributed by atoms with Crippen molar-refractivity contribution in [1.29, 1.82) is 0 Å². The molecule has 1 N–H and O–H groups in total. The standard InChI is InChI=1S/C26H32N6OS/c1-17(2)24(25-28-29-30-32(25)21-7-4-5-8-21)31(16-22-9-6-12-34-22)15-20-14-19-11-10-18(3)13-23(19)27-26(20)33/h6,9-14,17,21,24H,4-5,7-8,15-16H2,1-3H3,(H,27,33)/t24-/m1/s1. The van der Waals surface area contributed by atoms with E-state index in [0.717, 1.165) is 47.2 Å². The van der Waals surface area contributed by atoms with Gasteiger partial charge in [0.25, 0.3) is 5.56 Å². The molecule has 7 nitrogen and oxygen atoms in total. The van der Waals surface area contributed by atoms with E-state index in [2.05, 4.69) is 73.6 Å². The summed E-state index contributed by atoms with van der Waals surface area (Å²) in [5, 5.41) is 16.2. The molecule has 0 aliphatic heterocycles. The number of benzene rings is 1. The van der Waals surface area contributed by atoms with E-state index in [1.54, 1.807) is 11.3 Å². The van der Waals surface area contributed by atoms with Crippen molar-refractivity contribution >= 4 is 22.2 Å². The fraction of sp³-hybridized carbons (Fsp3) is 0.462. The number of thiophene rings is 1. The van der Waals surface area contributed by atoms with E-state index in [4.69, 9.17) is 0 Å². The molecule has 4 aromatic rings. The topological polar surface area (TPSA) is 79.7 Å². The molecule has 1 aliphatic rings. The highest BCUT2D eigenvalue weighted by atomic mass is 32.1. The Morgan fingerprint density at radius 3 is 2.74 bits per heavy atom. The highest BCUT2D eigenvalue weighted by Gasteiger charge is 2.32. The average molecular weight is 477 g/mol. The molecule has 0 radical (unpaired) electrons. The molecule has 0 saturated heterocycles. The van der Waals surface area contributed by atoms with Crippen LogP contribution in [0, 0.1) is 12.8 Å². The lowest BCUT2D eigenvalue weighted by atomic mass is 9.99. The van der Waals surface area contributed by atoms with Gasteiger partial charge < -0.3 is 4.98 Å². The van der Waals surface area contributed by atoms with Crippen LogP contribution in [0.3, 0.4) is 0 Å². The first-order chi connectivity index (χ1) is 16.5. The van der Waals surface area contributed by atoms with Crippen molar-refractivity contribution in [3.8, 4) is 0 Å². The van der Waals surface area contributed by atoms with Crippen molar-refractivity contribution in [1.82, 2.24) is 30.1 Å². The Hall–Kier alpha value is -2.84. The normalized spacial score (nSPS) is 15.7. The number of rotatable bonds is 8. The fourth-order valence-electron chi connectivity index (χ4n) is 5.24. The van der Waals surface area contributed by atoms with Gasteiger partial charge in [-0.3, -0.25) is 9.69 Å². The van der Waals surface area contributed by atoms with Crippen molar-refractivity contribution in [3.63, 3.8) is 0 Å². The van der Waals surface area contributed by atoms with Crippen LogP contribution in [-0.4, -0.2) is 30.1 Å². The van der Waals surface area contributed by atoms with Crippen molar-refractivity contribution < 1.29 is 0 Å². The monoisotopic (exact) mass is 476 g/mol. The molecular formula is C26H32N6OS. The van der Waals surface area contributed by atoms with Gasteiger partial charge in [0.05, 0.1) is 12.1 Å². The second kappa shape index (κ2) is 9.80. The molecule has 178 valence electrons. The predicted octanol–water partition coefficient (Wildman–Crippen LogP) is 5.40. The summed E-state index contributed by atoms with van der Waals surface area (Å²) in [5.74, 6) is 1.18. The maximum absolute atomic E-state index is 13.1. The number of hydrogen-bond donors (Lipinski definition) is 1. The van der Waals surface area contributed by atoms with Crippen molar-refractivity contribution in [3.05, 3.63) is 74.0 Å². The summed E-state index contributed by atoms with van der Waals surface area (Å²) in [5.41, 5.74) is 2.74. The highest BCUT2D eigenvalue weighted by molar-refractivity contribution is 7.09. The summed E-state index contributed by atoms with van der Waals surface area (Å²) in [6.45, 7) is 7.73. The smallest absolute Gasteiger partial charge is 0.252 e. The molecule has 1 fully saturated rings. The van der Waals surface area contributed by atoms with Crippen molar-refractivity contribution in [2.24, 2.45) is 5.92 Å². The Morgan fingerprint density at radius 1 is 1.18 bits per heavy atom. The van der Waals surface area contributed by atoms with Gasteiger partial charge in [0, 0.05) is 29.0 Å². The summed E-state index contributed by atoms with van der Waals surface area (Å²) in [7, 11) is 0. The third-order valence-electron chi connectivity index (χ3n) is 6.87. The Balaban J connectivity index is 1.55. The minimum atomic E-state index is -0.0350. The molecule has 0 bridgehead atoms. The van der Waals surface area contributed by atoms with Crippen LogP contribution in [-0.2, 0) is 13.1 Å². The third-order valence-corrected chi connectivity index (χ3v) is 7.73. The molecule has 3 aromatic heterocycles. The first kappa shape index (κ1) is 22.9. The Morgan fingerprint density at radius 2 is 2.00 bits per heavy atom. The molecule has 1 saturated carbocycles. The predicted molar refractivity (Wildman–Crippen MR) is 136 cm³/mol. The van der Waals surface area contributed by atoms with E-state index in [9.17, 15) is 4.79 Å². The minimum Gasteiger partial charge on any atom is -0.322 e. The van der Waals surface area contributed by atoms with Gasteiger partial charge in [0.2, 0.25) is 0 Å². The molecule has 0 amide bonds. The molecule has 5 rings (SSSR count). The summed E-state index contributed by atoms with van der Waals surface area (Å²) in [6.07, 6.45) is 4.69. The van der Waals surface area contributed by atoms with Crippen molar-refractivity contribution in [2.45, 2.75) is 71.6 Å². The summed E-state index contributed by atoms with van der Waals surface area (Å²) < 4.78 is 2.06. The number of fused-ring (bicyclic) bond motifs is 1. The number of aryl methyl sites for hydroxylation is 1. The molecule has 3 heterocycles. The molecular weight excluding hydrogens is 444 g/mol. The van der Waals surface area contributed by atoms with Gasteiger partial charge in [-0.15, -0.1) is 16.4 Å². The van der Waals surface area contributed by atoms with Crippen LogP contribution in [0.1, 0.15) is 73.4 Å². The number of aromatic nitrogens is 5. The summed E-state index contributed by atoms with van der Waals surface area (Å²) in [4.78, 5) is 19.8. The molecule has 0 unspecified atom stereocenters.